The molecule has 2 N–H and O–H groups in total. The van der Waals surface area contributed by atoms with Crippen LogP contribution in [-0.4, -0.2) is 39.7 Å². The molecule has 7 nitrogen and oxygen atoms in total. The quantitative estimate of drug-likeness (QED) is 0.502. The normalized spacial score (nSPS) is 12.4. The van der Waals surface area contributed by atoms with Crippen LogP contribution in [0.1, 0.15) is 38.1 Å². The van der Waals surface area contributed by atoms with Crippen molar-refractivity contribution in [1.29, 1.82) is 0 Å². The average molecular weight is 425 g/mol. The monoisotopic (exact) mass is 424 g/mol. The van der Waals surface area contributed by atoms with Crippen LogP contribution in [0.5, 0.6) is 0 Å². The maximum absolute atomic E-state index is 13.1. The number of nitrogens with zero attached hydrogens (tertiary/aromatic N) is 2. The van der Waals surface area contributed by atoms with E-state index in [1.54, 1.807) is 11.5 Å². The van der Waals surface area contributed by atoms with E-state index >= 15 is 0 Å². The number of rotatable bonds is 8. The predicted molar refractivity (Wildman–Crippen MR) is 115 cm³/mol. The van der Waals surface area contributed by atoms with Crippen molar-refractivity contribution in [2.75, 3.05) is 12.3 Å². The van der Waals surface area contributed by atoms with Crippen LogP contribution in [0.2, 0.25) is 0 Å². The molecule has 0 spiro atoms. The Kier molecular flexibility index (Phi) is 7.65. The van der Waals surface area contributed by atoms with Crippen molar-refractivity contribution < 1.29 is 9.59 Å². The fraction of sp³-hybridized carbons (Fsp3) is 0.579. The molecule has 0 aliphatic rings. The molecular weight excluding hydrogens is 396 g/mol. The van der Waals surface area contributed by atoms with Crippen LogP contribution in [0.15, 0.2) is 9.95 Å². The van der Waals surface area contributed by atoms with Crippen molar-refractivity contribution in [2.24, 2.45) is 5.92 Å². The molecule has 1 atom stereocenters. The minimum absolute atomic E-state index is 0.0563. The molecule has 2 aromatic rings. The summed E-state index contributed by atoms with van der Waals surface area (Å²) in [5, 5.41) is 6.55. The molecule has 9 heteroatoms. The summed E-state index contributed by atoms with van der Waals surface area (Å²) in [4.78, 5) is 43.5. The van der Waals surface area contributed by atoms with Crippen molar-refractivity contribution >= 4 is 45.1 Å². The fourth-order valence-electron chi connectivity index (χ4n) is 2.75. The Morgan fingerprint density at radius 1 is 1.25 bits per heavy atom. The van der Waals surface area contributed by atoms with E-state index in [1.165, 1.54) is 23.1 Å². The van der Waals surface area contributed by atoms with Gasteiger partial charge in [-0.25, -0.2) is 4.98 Å². The van der Waals surface area contributed by atoms with E-state index in [0.29, 0.717) is 28.5 Å². The third kappa shape index (κ3) is 5.14. The van der Waals surface area contributed by atoms with E-state index in [-0.39, 0.29) is 29.0 Å². The van der Waals surface area contributed by atoms with Gasteiger partial charge < -0.3 is 10.6 Å². The highest BCUT2D eigenvalue weighted by molar-refractivity contribution is 7.99. The summed E-state index contributed by atoms with van der Waals surface area (Å²) >= 11 is 2.72. The Bertz CT molecular complexity index is 933. The molecule has 0 aliphatic carbocycles. The van der Waals surface area contributed by atoms with Gasteiger partial charge in [0.05, 0.1) is 11.1 Å². The molecule has 0 radical (unpaired) electrons. The molecule has 0 bridgehead atoms. The van der Waals surface area contributed by atoms with E-state index in [0.717, 1.165) is 10.4 Å². The number of thioether (sulfide) groups is 1. The van der Waals surface area contributed by atoms with Crippen LogP contribution in [0.25, 0.3) is 10.2 Å². The number of hydrogen-bond donors (Lipinski definition) is 2. The van der Waals surface area contributed by atoms with E-state index in [4.69, 9.17) is 0 Å². The number of thiophene rings is 1. The Morgan fingerprint density at radius 3 is 2.54 bits per heavy atom. The van der Waals surface area contributed by atoms with Crippen molar-refractivity contribution in [1.82, 2.24) is 20.2 Å². The van der Waals surface area contributed by atoms with Crippen LogP contribution in [0.3, 0.4) is 0 Å². The minimum Gasteiger partial charge on any atom is -0.355 e. The van der Waals surface area contributed by atoms with E-state index in [2.05, 4.69) is 15.6 Å². The molecule has 2 amide bonds. The number of aryl methyl sites for hydroxylation is 2. The fourth-order valence-corrected chi connectivity index (χ4v) is 4.64. The number of carbonyl (C=O) groups is 2. The molecule has 2 aromatic heterocycles. The molecule has 2 rings (SSSR count). The summed E-state index contributed by atoms with van der Waals surface area (Å²) in [6.45, 7) is 12.5. The smallest absolute Gasteiger partial charge is 0.263 e. The molecule has 0 fully saturated rings. The van der Waals surface area contributed by atoms with Gasteiger partial charge in [0.15, 0.2) is 5.16 Å². The first-order valence-corrected chi connectivity index (χ1v) is 11.2. The Balaban J connectivity index is 2.24. The highest BCUT2D eigenvalue weighted by Gasteiger charge is 2.19. The second-order valence-corrected chi connectivity index (χ2v) is 9.29. The van der Waals surface area contributed by atoms with Crippen LogP contribution in [0.4, 0.5) is 0 Å². The first-order chi connectivity index (χ1) is 13.1. The van der Waals surface area contributed by atoms with Crippen molar-refractivity contribution in [3.63, 3.8) is 0 Å². The first kappa shape index (κ1) is 22.4. The van der Waals surface area contributed by atoms with Gasteiger partial charge in [0.25, 0.3) is 5.56 Å². The van der Waals surface area contributed by atoms with Gasteiger partial charge in [-0.1, -0.05) is 25.6 Å². The van der Waals surface area contributed by atoms with Gasteiger partial charge in [-0.2, -0.15) is 0 Å². The molecule has 0 aromatic carbocycles. The largest absolute Gasteiger partial charge is 0.355 e. The van der Waals surface area contributed by atoms with Gasteiger partial charge in [0, 0.05) is 18.0 Å². The van der Waals surface area contributed by atoms with Gasteiger partial charge in [-0.05, 0) is 39.2 Å². The van der Waals surface area contributed by atoms with Crippen LogP contribution >= 0.6 is 23.1 Å². The number of fused-ring (bicyclic) bond motifs is 1. The zero-order valence-electron chi connectivity index (χ0n) is 17.2. The average Bonchev–Trinajstić information content (AvgIpc) is 2.90. The summed E-state index contributed by atoms with van der Waals surface area (Å²) in [5.74, 6) is -0.138. The number of likely N-dealkylation sites (N-methyl/N-ethyl adjacent to an activating group) is 1. The second-order valence-electron chi connectivity index (χ2n) is 7.14. The molecule has 0 unspecified atom stereocenters. The first-order valence-electron chi connectivity index (χ1n) is 9.36. The zero-order chi connectivity index (χ0) is 21.0. The minimum atomic E-state index is -0.607. The number of nitrogens with one attached hydrogen (secondary N) is 2. The molecule has 28 heavy (non-hydrogen) atoms. The summed E-state index contributed by atoms with van der Waals surface area (Å²) in [7, 11) is 0. The third-order valence-corrected chi connectivity index (χ3v) is 6.33. The highest BCUT2D eigenvalue weighted by atomic mass is 32.2. The zero-order valence-corrected chi connectivity index (χ0v) is 18.8. The number of amides is 2. The summed E-state index contributed by atoms with van der Waals surface area (Å²) in [6, 6.07) is -0.607. The number of aromatic nitrogens is 2. The van der Waals surface area contributed by atoms with Gasteiger partial charge in [-0.15, -0.1) is 11.3 Å². The second kappa shape index (κ2) is 9.56. The van der Waals surface area contributed by atoms with Gasteiger partial charge in [-0.3, -0.25) is 19.0 Å². The molecule has 0 aliphatic heterocycles. The molecule has 2 heterocycles. The lowest BCUT2D eigenvalue weighted by Gasteiger charge is -2.15. The summed E-state index contributed by atoms with van der Waals surface area (Å²) in [6.07, 6.45) is 0. The Morgan fingerprint density at radius 2 is 1.93 bits per heavy atom. The summed E-state index contributed by atoms with van der Waals surface area (Å²) < 4.78 is 1.66. The van der Waals surface area contributed by atoms with Crippen LogP contribution in [-0.2, 0) is 16.1 Å². The highest BCUT2D eigenvalue weighted by Crippen LogP contribution is 2.28. The third-order valence-electron chi connectivity index (χ3n) is 4.26. The van der Waals surface area contributed by atoms with Crippen molar-refractivity contribution in [3.05, 3.63) is 20.8 Å². The van der Waals surface area contributed by atoms with Crippen molar-refractivity contribution in [2.45, 2.75) is 59.3 Å². The van der Waals surface area contributed by atoms with Gasteiger partial charge in [0.2, 0.25) is 11.8 Å². The number of hydrogen-bond acceptors (Lipinski definition) is 6. The van der Waals surface area contributed by atoms with E-state index in [1.807, 2.05) is 34.6 Å². The van der Waals surface area contributed by atoms with Gasteiger partial charge >= 0.3 is 0 Å². The lowest BCUT2D eigenvalue weighted by Crippen LogP contribution is -2.45. The Labute approximate surface area is 173 Å². The maximum Gasteiger partial charge on any atom is 0.263 e. The van der Waals surface area contributed by atoms with Gasteiger partial charge in [0.1, 0.15) is 10.9 Å². The SMILES string of the molecule is CCNC(=O)[C@@H](C)NC(=O)CSc1nc2sc(C)c(C)c2c(=O)n1CC(C)C. The lowest BCUT2D eigenvalue weighted by atomic mass is 10.2. The molecule has 154 valence electrons. The van der Waals surface area contributed by atoms with Crippen LogP contribution in [0, 0.1) is 19.8 Å². The summed E-state index contributed by atoms with van der Waals surface area (Å²) in [5.41, 5.74) is 0.916. The standard InChI is InChI=1S/C19H28N4O3S2/c1-7-20-16(25)12(5)21-14(24)9-27-19-22-17-15(11(4)13(6)28-17)18(26)23(19)8-10(2)3/h10,12H,7-9H2,1-6H3,(H,20,25)(H,21,24)/t12-/m1/s1. The van der Waals surface area contributed by atoms with E-state index in [9.17, 15) is 14.4 Å². The Hall–Kier alpha value is -1.87. The molecule has 0 saturated heterocycles. The van der Waals surface area contributed by atoms with E-state index < -0.39 is 6.04 Å². The lowest BCUT2D eigenvalue weighted by molar-refractivity contribution is -0.127. The topological polar surface area (TPSA) is 93.1 Å². The molecular formula is C19H28N4O3S2. The number of carbonyl (C=O) groups excluding carboxylic acids is 2. The molecule has 0 saturated carbocycles. The maximum atomic E-state index is 13.1. The predicted octanol–water partition coefficient (Wildman–Crippen LogP) is 2.46. The van der Waals surface area contributed by atoms with Crippen molar-refractivity contribution in [3.8, 4) is 0 Å². The van der Waals surface area contributed by atoms with Crippen LogP contribution < -0.4 is 16.2 Å².